The van der Waals surface area contributed by atoms with Crippen molar-refractivity contribution in [1.82, 2.24) is 20.1 Å². The maximum Gasteiger partial charge on any atom is 0.232 e. The molecule has 6 nitrogen and oxygen atoms in total. The van der Waals surface area contributed by atoms with Gasteiger partial charge in [0, 0.05) is 20.1 Å². The number of nitrogens with one attached hydrogen (secondary N) is 2. The van der Waals surface area contributed by atoms with Gasteiger partial charge >= 0.3 is 0 Å². The molecule has 1 aliphatic heterocycles. The summed E-state index contributed by atoms with van der Waals surface area (Å²) in [5.74, 6) is 0.587. The third kappa shape index (κ3) is 1.52. The molecule has 1 saturated heterocycles. The molecule has 2 heterocycles. The number of rotatable bonds is 2. The predicted octanol–water partition coefficient (Wildman–Crippen LogP) is -1.03. The third-order valence-electron chi connectivity index (χ3n) is 2.10. The Bertz CT molecular complexity index is 316. The van der Waals surface area contributed by atoms with Crippen LogP contribution >= 0.6 is 0 Å². The zero-order chi connectivity index (χ0) is 9.26. The summed E-state index contributed by atoms with van der Waals surface area (Å²) in [6.07, 6.45) is 1.55. The van der Waals surface area contributed by atoms with E-state index in [-0.39, 0.29) is 11.8 Å². The molecule has 0 atom stereocenters. The molecule has 0 radical (unpaired) electrons. The highest BCUT2D eigenvalue weighted by atomic mass is 16.2. The molecule has 0 unspecified atom stereocenters. The molecular weight excluding hydrogens is 170 g/mol. The largest absolute Gasteiger partial charge is 0.315 e. The highest BCUT2D eigenvalue weighted by Gasteiger charge is 2.25. The summed E-state index contributed by atoms with van der Waals surface area (Å²) in [7, 11) is 1.79. The number of hydrogen-bond acceptors (Lipinski definition) is 4. The molecule has 1 aromatic rings. The zero-order valence-electron chi connectivity index (χ0n) is 7.32. The van der Waals surface area contributed by atoms with Crippen LogP contribution in [0.5, 0.6) is 0 Å². The first-order chi connectivity index (χ1) is 6.27. The van der Waals surface area contributed by atoms with Crippen molar-refractivity contribution in [1.29, 1.82) is 0 Å². The van der Waals surface area contributed by atoms with Crippen LogP contribution in [0.25, 0.3) is 0 Å². The first-order valence-electron chi connectivity index (χ1n) is 4.13. The summed E-state index contributed by atoms with van der Waals surface area (Å²) in [4.78, 5) is 11.4. The van der Waals surface area contributed by atoms with Gasteiger partial charge in [0.2, 0.25) is 11.9 Å². The highest BCUT2D eigenvalue weighted by molar-refractivity contribution is 5.91. The zero-order valence-corrected chi connectivity index (χ0v) is 7.32. The van der Waals surface area contributed by atoms with Gasteiger partial charge in [-0.1, -0.05) is 0 Å². The summed E-state index contributed by atoms with van der Waals surface area (Å²) >= 11 is 0. The van der Waals surface area contributed by atoms with Crippen molar-refractivity contribution in [2.75, 3.05) is 18.4 Å². The van der Waals surface area contributed by atoms with Crippen LogP contribution in [0.15, 0.2) is 6.33 Å². The maximum absolute atomic E-state index is 11.4. The minimum atomic E-state index is 0.00912. The van der Waals surface area contributed by atoms with E-state index in [2.05, 4.69) is 20.8 Å². The molecule has 6 heteroatoms. The molecule has 2 rings (SSSR count). The maximum atomic E-state index is 11.4. The number of carbonyl (C=O) groups excluding carboxylic acids is 1. The Kier molecular flexibility index (Phi) is 1.97. The van der Waals surface area contributed by atoms with Crippen LogP contribution in [-0.2, 0) is 11.8 Å². The van der Waals surface area contributed by atoms with Crippen molar-refractivity contribution in [3.63, 3.8) is 0 Å². The van der Waals surface area contributed by atoms with Gasteiger partial charge < -0.3 is 9.88 Å². The summed E-state index contributed by atoms with van der Waals surface area (Å²) in [5, 5.41) is 13.2. The van der Waals surface area contributed by atoms with E-state index in [0.29, 0.717) is 5.95 Å². The van der Waals surface area contributed by atoms with Crippen LogP contribution in [-0.4, -0.2) is 33.8 Å². The number of amides is 1. The standard InChI is InChI=1S/C7H11N5O/c1-12-4-9-11-7(12)10-6(13)5-2-8-3-5/h4-5,8H,2-3H2,1H3,(H,10,11,13). The van der Waals surface area contributed by atoms with Crippen molar-refractivity contribution >= 4 is 11.9 Å². The van der Waals surface area contributed by atoms with Crippen molar-refractivity contribution in [3.05, 3.63) is 6.33 Å². The van der Waals surface area contributed by atoms with E-state index in [1.54, 1.807) is 17.9 Å². The molecule has 13 heavy (non-hydrogen) atoms. The van der Waals surface area contributed by atoms with Gasteiger partial charge in [0.1, 0.15) is 6.33 Å². The normalized spacial score (nSPS) is 16.7. The van der Waals surface area contributed by atoms with E-state index in [0.717, 1.165) is 13.1 Å². The Labute approximate surface area is 75.3 Å². The molecule has 2 N–H and O–H groups in total. The molecule has 0 aliphatic carbocycles. The lowest BCUT2D eigenvalue weighted by Gasteiger charge is -2.25. The minimum Gasteiger partial charge on any atom is -0.315 e. The van der Waals surface area contributed by atoms with Gasteiger partial charge in [-0.25, -0.2) is 0 Å². The van der Waals surface area contributed by atoms with Gasteiger partial charge in [-0.3, -0.25) is 10.1 Å². The molecule has 0 bridgehead atoms. The lowest BCUT2D eigenvalue weighted by Crippen LogP contribution is -2.48. The van der Waals surface area contributed by atoms with Gasteiger partial charge in [0.05, 0.1) is 5.92 Å². The molecule has 1 aliphatic rings. The number of hydrogen-bond donors (Lipinski definition) is 2. The van der Waals surface area contributed by atoms with Gasteiger partial charge in [0.25, 0.3) is 0 Å². The fraction of sp³-hybridized carbons (Fsp3) is 0.571. The molecular formula is C7H11N5O. The van der Waals surface area contributed by atoms with E-state index >= 15 is 0 Å². The Hall–Kier alpha value is -1.43. The SMILES string of the molecule is Cn1cnnc1NC(=O)C1CNC1. The monoisotopic (exact) mass is 181 g/mol. The minimum absolute atomic E-state index is 0.00912. The van der Waals surface area contributed by atoms with Gasteiger partial charge in [-0.2, -0.15) is 0 Å². The third-order valence-corrected chi connectivity index (χ3v) is 2.10. The molecule has 0 spiro atoms. The molecule has 0 aromatic carbocycles. The highest BCUT2D eigenvalue weighted by Crippen LogP contribution is 2.06. The Morgan fingerprint density at radius 1 is 1.77 bits per heavy atom. The molecule has 0 saturated carbocycles. The van der Waals surface area contributed by atoms with Crippen molar-refractivity contribution < 1.29 is 4.79 Å². The summed E-state index contributed by atoms with van der Waals surface area (Å²) < 4.78 is 1.67. The van der Waals surface area contributed by atoms with E-state index in [1.807, 2.05) is 0 Å². The number of anilines is 1. The first kappa shape index (κ1) is 8.18. The van der Waals surface area contributed by atoms with Gasteiger partial charge in [-0.05, 0) is 0 Å². The predicted molar refractivity (Wildman–Crippen MR) is 46.0 cm³/mol. The van der Waals surface area contributed by atoms with Gasteiger partial charge in [-0.15, -0.1) is 10.2 Å². The lowest BCUT2D eigenvalue weighted by molar-refractivity contribution is -0.121. The van der Waals surface area contributed by atoms with Crippen LogP contribution in [0.3, 0.4) is 0 Å². The smallest absolute Gasteiger partial charge is 0.232 e. The summed E-state index contributed by atoms with van der Waals surface area (Å²) in [6, 6.07) is 0. The number of aromatic nitrogens is 3. The molecule has 1 fully saturated rings. The van der Waals surface area contributed by atoms with Gasteiger partial charge in [0.15, 0.2) is 0 Å². The van der Waals surface area contributed by atoms with Crippen molar-refractivity contribution in [2.45, 2.75) is 0 Å². The van der Waals surface area contributed by atoms with Crippen molar-refractivity contribution in [2.24, 2.45) is 13.0 Å². The van der Waals surface area contributed by atoms with E-state index in [1.165, 1.54) is 0 Å². The average molecular weight is 181 g/mol. The second-order valence-electron chi connectivity index (χ2n) is 3.11. The Morgan fingerprint density at radius 3 is 3.00 bits per heavy atom. The van der Waals surface area contributed by atoms with Crippen LogP contribution in [0.2, 0.25) is 0 Å². The number of aryl methyl sites for hydroxylation is 1. The van der Waals surface area contributed by atoms with Crippen LogP contribution < -0.4 is 10.6 Å². The van der Waals surface area contributed by atoms with E-state index < -0.39 is 0 Å². The summed E-state index contributed by atoms with van der Waals surface area (Å²) in [6.45, 7) is 1.51. The molecule has 70 valence electrons. The average Bonchev–Trinajstić information content (AvgIpc) is 2.32. The summed E-state index contributed by atoms with van der Waals surface area (Å²) in [5.41, 5.74) is 0. The van der Waals surface area contributed by atoms with Crippen LogP contribution in [0, 0.1) is 5.92 Å². The fourth-order valence-corrected chi connectivity index (χ4v) is 1.08. The fourth-order valence-electron chi connectivity index (χ4n) is 1.08. The topological polar surface area (TPSA) is 71.8 Å². The van der Waals surface area contributed by atoms with Crippen molar-refractivity contribution in [3.8, 4) is 0 Å². The second-order valence-corrected chi connectivity index (χ2v) is 3.11. The van der Waals surface area contributed by atoms with E-state index in [4.69, 9.17) is 0 Å². The molecule has 1 amide bonds. The first-order valence-corrected chi connectivity index (χ1v) is 4.13. The number of nitrogens with zero attached hydrogens (tertiary/aromatic N) is 3. The lowest BCUT2D eigenvalue weighted by atomic mass is 10.0. The molecule has 1 aromatic heterocycles. The van der Waals surface area contributed by atoms with Crippen LogP contribution in [0.1, 0.15) is 0 Å². The Morgan fingerprint density at radius 2 is 2.54 bits per heavy atom. The van der Waals surface area contributed by atoms with E-state index in [9.17, 15) is 4.79 Å². The number of carbonyl (C=O) groups is 1. The van der Waals surface area contributed by atoms with Crippen LogP contribution in [0.4, 0.5) is 5.95 Å². The second kappa shape index (κ2) is 3.14. The quantitative estimate of drug-likeness (QED) is 0.612. The Balaban J connectivity index is 1.97.